The molecule has 122 valence electrons. The first-order valence-electron chi connectivity index (χ1n) is 7.16. The van der Waals surface area contributed by atoms with Crippen LogP contribution in [0.3, 0.4) is 0 Å². The molecular formula is C17H18BrNO4. The fourth-order valence-electron chi connectivity index (χ4n) is 2.08. The Hall–Kier alpha value is -2.08. The number of rotatable bonds is 6. The Labute approximate surface area is 143 Å². The average Bonchev–Trinajstić information content (AvgIpc) is 2.98. The van der Waals surface area contributed by atoms with Crippen molar-refractivity contribution in [3.05, 3.63) is 58.0 Å². The summed E-state index contributed by atoms with van der Waals surface area (Å²) in [5.41, 5.74) is 2.13. The molecule has 0 fully saturated rings. The summed E-state index contributed by atoms with van der Waals surface area (Å²) in [5.74, 6) is -0.388. The molecule has 0 saturated carbocycles. The molecule has 2 rings (SSSR count). The van der Waals surface area contributed by atoms with E-state index in [1.807, 2.05) is 31.2 Å². The lowest BCUT2D eigenvalue weighted by atomic mass is 10.1. The molecule has 0 aliphatic heterocycles. The van der Waals surface area contributed by atoms with E-state index in [9.17, 15) is 9.59 Å². The third-order valence-electron chi connectivity index (χ3n) is 3.38. The summed E-state index contributed by atoms with van der Waals surface area (Å²) in [5, 5.41) is 0. The number of hydrogen-bond donors (Lipinski definition) is 0. The number of carbonyl (C=O) groups excluding carboxylic acids is 2. The maximum Gasteiger partial charge on any atom is 0.307 e. The Morgan fingerprint density at radius 3 is 2.43 bits per heavy atom. The van der Waals surface area contributed by atoms with Crippen LogP contribution >= 0.6 is 15.9 Å². The maximum atomic E-state index is 12.6. The molecule has 1 aromatic heterocycles. The highest BCUT2D eigenvalue weighted by molar-refractivity contribution is 9.10. The molecule has 1 aromatic carbocycles. The molecule has 0 unspecified atom stereocenters. The monoisotopic (exact) mass is 379 g/mol. The zero-order valence-corrected chi connectivity index (χ0v) is 14.6. The van der Waals surface area contributed by atoms with E-state index < -0.39 is 0 Å². The first-order chi connectivity index (χ1) is 11.0. The van der Waals surface area contributed by atoms with Gasteiger partial charge in [-0.1, -0.05) is 29.8 Å². The van der Waals surface area contributed by atoms with Crippen LogP contribution in [-0.4, -0.2) is 30.4 Å². The summed E-state index contributed by atoms with van der Waals surface area (Å²) in [7, 11) is 1.33. The van der Waals surface area contributed by atoms with Gasteiger partial charge in [0.15, 0.2) is 10.4 Å². The fraction of sp³-hybridized carbons (Fsp3) is 0.294. The smallest absolute Gasteiger partial charge is 0.307 e. The van der Waals surface area contributed by atoms with Crippen LogP contribution in [-0.2, 0) is 16.1 Å². The van der Waals surface area contributed by atoms with E-state index in [0.717, 1.165) is 11.1 Å². The summed E-state index contributed by atoms with van der Waals surface area (Å²) >= 11 is 3.19. The van der Waals surface area contributed by atoms with Crippen LogP contribution in [0.15, 0.2) is 45.5 Å². The minimum Gasteiger partial charge on any atom is -0.469 e. The Balaban J connectivity index is 2.14. The topological polar surface area (TPSA) is 59.8 Å². The van der Waals surface area contributed by atoms with Crippen molar-refractivity contribution in [2.45, 2.75) is 19.9 Å². The summed E-state index contributed by atoms with van der Waals surface area (Å²) in [6.07, 6.45) is 0.135. The molecule has 6 heteroatoms. The quantitative estimate of drug-likeness (QED) is 0.720. The minimum absolute atomic E-state index is 0.135. The summed E-state index contributed by atoms with van der Waals surface area (Å²) in [4.78, 5) is 25.6. The van der Waals surface area contributed by atoms with Gasteiger partial charge in [-0.3, -0.25) is 9.59 Å². The lowest BCUT2D eigenvalue weighted by Gasteiger charge is -2.21. The van der Waals surface area contributed by atoms with E-state index in [2.05, 4.69) is 20.7 Å². The number of esters is 1. The van der Waals surface area contributed by atoms with Crippen molar-refractivity contribution in [2.75, 3.05) is 13.7 Å². The number of ether oxygens (including phenoxy) is 1. The van der Waals surface area contributed by atoms with Crippen LogP contribution in [0.5, 0.6) is 0 Å². The standard InChI is InChI=1S/C17H18BrNO4/c1-12-3-5-13(6-4-12)11-19(10-9-16(20)22-2)17(21)14-7-8-15(18)23-14/h3-8H,9-11H2,1-2H3. The first-order valence-corrected chi connectivity index (χ1v) is 7.96. The zero-order valence-electron chi connectivity index (χ0n) is 13.0. The van der Waals surface area contributed by atoms with Crippen molar-refractivity contribution in [3.8, 4) is 0 Å². The van der Waals surface area contributed by atoms with Gasteiger partial charge >= 0.3 is 5.97 Å². The molecule has 0 radical (unpaired) electrons. The van der Waals surface area contributed by atoms with Gasteiger partial charge in [0.2, 0.25) is 0 Å². The molecule has 0 atom stereocenters. The second kappa shape index (κ2) is 7.97. The predicted octanol–water partition coefficient (Wildman–Crippen LogP) is 3.56. The van der Waals surface area contributed by atoms with Gasteiger partial charge < -0.3 is 14.1 Å². The highest BCUT2D eigenvalue weighted by atomic mass is 79.9. The van der Waals surface area contributed by atoms with Gasteiger partial charge in [0.05, 0.1) is 13.5 Å². The zero-order chi connectivity index (χ0) is 16.8. The third kappa shape index (κ3) is 4.96. The molecule has 1 amide bonds. The molecule has 0 aliphatic rings. The van der Waals surface area contributed by atoms with E-state index in [-0.39, 0.29) is 30.6 Å². The normalized spacial score (nSPS) is 10.4. The fourth-order valence-corrected chi connectivity index (χ4v) is 2.39. The van der Waals surface area contributed by atoms with Crippen molar-refractivity contribution >= 4 is 27.8 Å². The van der Waals surface area contributed by atoms with Crippen LogP contribution in [0.25, 0.3) is 0 Å². The first kappa shape index (κ1) is 17.3. The van der Waals surface area contributed by atoms with Crippen LogP contribution in [0, 0.1) is 6.92 Å². The van der Waals surface area contributed by atoms with Crippen LogP contribution in [0.1, 0.15) is 28.1 Å². The molecule has 0 saturated heterocycles. The van der Waals surface area contributed by atoms with Gasteiger partial charge in [-0.15, -0.1) is 0 Å². The predicted molar refractivity (Wildman–Crippen MR) is 89.0 cm³/mol. The van der Waals surface area contributed by atoms with Crippen molar-refractivity contribution < 1.29 is 18.7 Å². The molecule has 2 aromatic rings. The number of halogens is 1. The lowest BCUT2D eigenvalue weighted by Crippen LogP contribution is -2.32. The van der Waals surface area contributed by atoms with Gasteiger partial charge in [-0.05, 0) is 40.5 Å². The van der Waals surface area contributed by atoms with E-state index in [0.29, 0.717) is 11.2 Å². The van der Waals surface area contributed by atoms with Gasteiger partial charge in [-0.25, -0.2) is 0 Å². The number of carbonyl (C=O) groups is 2. The lowest BCUT2D eigenvalue weighted by molar-refractivity contribution is -0.140. The van der Waals surface area contributed by atoms with Crippen LogP contribution in [0.4, 0.5) is 0 Å². The Morgan fingerprint density at radius 1 is 1.17 bits per heavy atom. The molecule has 0 N–H and O–H groups in total. The number of methoxy groups -OCH3 is 1. The SMILES string of the molecule is COC(=O)CCN(Cc1ccc(C)cc1)C(=O)c1ccc(Br)o1. The molecule has 1 heterocycles. The van der Waals surface area contributed by atoms with Crippen molar-refractivity contribution in [2.24, 2.45) is 0 Å². The van der Waals surface area contributed by atoms with E-state index in [1.165, 1.54) is 7.11 Å². The van der Waals surface area contributed by atoms with Crippen LogP contribution < -0.4 is 0 Å². The second-order valence-corrected chi connectivity index (χ2v) is 5.92. The minimum atomic E-state index is -0.354. The second-order valence-electron chi connectivity index (χ2n) is 5.14. The van der Waals surface area contributed by atoms with Crippen molar-refractivity contribution in [3.63, 3.8) is 0 Å². The largest absolute Gasteiger partial charge is 0.469 e. The number of nitrogens with zero attached hydrogens (tertiary/aromatic N) is 1. The number of amides is 1. The van der Waals surface area contributed by atoms with Gasteiger partial charge in [0, 0.05) is 13.1 Å². The molecule has 0 bridgehead atoms. The molecule has 23 heavy (non-hydrogen) atoms. The Kier molecular flexibility index (Phi) is 5.98. The number of aryl methyl sites for hydroxylation is 1. The van der Waals surface area contributed by atoms with Crippen molar-refractivity contribution in [1.82, 2.24) is 4.90 Å². The maximum absolute atomic E-state index is 12.6. The molecular weight excluding hydrogens is 362 g/mol. The van der Waals surface area contributed by atoms with Crippen molar-refractivity contribution in [1.29, 1.82) is 0 Å². The van der Waals surface area contributed by atoms with E-state index in [4.69, 9.17) is 4.42 Å². The highest BCUT2D eigenvalue weighted by Crippen LogP contribution is 2.17. The third-order valence-corrected chi connectivity index (χ3v) is 3.80. The van der Waals surface area contributed by atoms with Crippen LogP contribution in [0.2, 0.25) is 0 Å². The Bertz CT molecular complexity index is 678. The number of benzene rings is 1. The summed E-state index contributed by atoms with van der Waals surface area (Å²) < 4.78 is 10.5. The number of furan rings is 1. The Morgan fingerprint density at radius 2 is 1.87 bits per heavy atom. The van der Waals surface area contributed by atoms with Gasteiger partial charge in [0.25, 0.3) is 5.91 Å². The summed E-state index contributed by atoms with van der Waals surface area (Å²) in [6.45, 7) is 2.66. The van der Waals surface area contributed by atoms with E-state index in [1.54, 1.807) is 17.0 Å². The molecule has 0 aliphatic carbocycles. The highest BCUT2D eigenvalue weighted by Gasteiger charge is 2.20. The van der Waals surface area contributed by atoms with E-state index >= 15 is 0 Å². The van der Waals surface area contributed by atoms with Gasteiger partial charge in [0.1, 0.15) is 0 Å². The molecule has 5 nitrogen and oxygen atoms in total. The summed E-state index contributed by atoms with van der Waals surface area (Å²) in [6, 6.07) is 11.2. The van der Waals surface area contributed by atoms with Gasteiger partial charge in [-0.2, -0.15) is 0 Å². The number of hydrogen-bond acceptors (Lipinski definition) is 4. The average molecular weight is 380 g/mol. The molecule has 0 spiro atoms.